The smallest absolute Gasteiger partial charge is 0.270 e. The van der Waals surface area contributed by atoms with E-state index in [2.05, 4.69) is 34.6 Å². The number of amides is 1. The summed E-state index contributed by atoms with van der Waals surface area (Å²) in [4.78, 5) is 13.3. The van der Waals surface area contributed by atoms with Gasteiger partial charge in [0, 0.05) is 0 Å². The number of anilines is 1. The van der Waals surface area contributed by atoms with E-state index in [-0.39, 0.29) is 18.5 Å². The SMILES string of the molecule is CCCn1nnc(NC(=O)COc2ccc(C(C)CC)cc2)n1. The van der Waals surface area contributed by atoms with E-state index >= 15 is 0 Å². The second-order valence-electron chi connectivity index (χ2n) is 5.42. The minimum atomic E-state index is -0.313. The molecule has 0 saturated carbocycles. The van der Waals surface area contributed by atoms with Crippen molar-refractivity contribution >= 4 is 11.9 Å². The van der Waals surface area contributed by atoms with Gasteiger partial charge in [-0.15, -0.1) is 5.10 Å². The lowest BCUT2D eigenvalue weighted by Gasteiger charge is -2.10. The third-order valence-electron chi connectivity index (χ3n) is 3.56. The molecule has 1 amide bonds. The number of rotatable bonds is 8. The van der Waals surface area contributed by atoms with Gasteiger partial charge in [0.25, 0.3) is 11.9 Å². The Kier molecular flexibility index (Phi) is 6.08. The average molecular weight is 317 g/mol. The first kappa shape index (κ1) is 16.9. The van der Waals surface area contributed by atoms with Crippen molar-refractivity contribution in [3.05, 3.63) is 29.8 Å². The number of benzene rings is 1. The van der Waals surface area contributed by atoms with Crippen molar-refractivity contribution in [2.45, 2.75) is 46.1 Å². The van der Waals surface area contributed by atoms with Crippen LogP contribution >= 0.6 is 0 Å². The minimum Gasteiger partial charge on any atom is -0.484 e. The van der Waals surface area contributed by atoms with Crippen molar-refractivity contribution in [2.75, 3.05) is 11.9 Å². The van der Waals surface area contributed by atoms with E-state index in [1.807, 2.05) is 31.2 Å². The van der Waals surface area contributed by atoms with Crippen molar-refractivity contribution in [3.8, 4) is 5.75 Å². The van der Waals surface area contributed by atoms with Gasteiger partial charge >= 0.3 is 0 Å². The van der Waals surface area contributed by atoms with Crippen LogP contribution in [0, 0.1) is 0 Å². The monoisotopic (exact) mass is 317 g/mol. The van der Waals surface area contributed by atoms with Crippen LogP contribution in [0.5, 0.6) is 5.75 Å². The van der Waals surface area contributed by atoms with E-state index in [0.717, 1.165) is 12.8 Å². The molecule has 1 aromatic carbocycles. The predicted molar refractivity (Wildman–Crippen MR) is 87.4 cm³/mol. The lowest BCUT2D eigenvalue weighted by Crippen LogP contribution is -2.21. The first-order valence-corrected chi connectivity index (χ1v) is 7.92. The van der Waals surface area contributed by atoms with E-state index in [1.54, 1.807) is 0 Å². The highest BCUT2D eigenvalue weighted by molar-refractivity contribution is 5.90. The molecule has 0 radical (unpaired) electrons. The fourth-order valence-electron chi connectivity index (χ4n) is 2.03. The van der Waals surface area contributed by atoms with Crippen molar-refractivity contribution in [1.29, 1.82) is 0 Å². The van der Waals surface area contributed by atoms with E-state index in [4.69, 9.17) is 4.74 Å². The van der Waals surface area contributed by atoms with Crippen LogP contribution < -0.4 is 10.1 Å². The highest BCUT2D eigenvalue weighted by atomic mass is 16.5. The molecule has 0 aliphatic heterocycles. The van der Waals surface area contributed by atoms with Crippen molar-refractivity contribution < 1.29 is 9.53 Å². The molecule has 2 aromatic rings. The fraction of sp³-hybridized carbons (Fsp3) is 0.500. The topological polar surface area (TPSA) is 81.9 Å². The summed E-state index contributed by atoms with van der Waals surface area (Å²) in [6, 6.07) is 7.81. The van der Waals surface area contributed by atoms with Gasteiger partial charge in [-0.2, -0.15) is 4.80 Å². The van der Waals surface area contributed by atoms with Crippen LogP contribution in [0.2, 0.25) is 0 Å². The molecular formula is C16H23N5O2. The van der Waals surface area contributed by atoms with Gasteiger partial charge in [0.1, 0.15) is 5.75 Å². The summed E-state index contributed by atoms with van der Waals surface area (Å²) < 4.78 is 5.47. The molecule has 0 aliphatic carbocycles. The van der Waals surface area contributed by atoms with Gasteiger partial charge in [-0.1, -0.05) is 38.0 Å². The molecule has 7 heteroatoms. The summed E-state index contributed by atoms with van der Waals surface area (Å²) in [6.07, 6.45) is 1.99. The Balaban J connectivity index is 1.81. The molecule has 1 heterocycles. The molecule has 124 valence electrons. The number of nitrogens with one attached hydrogen (secondary N) is 1. The van der Waals surface area contributed by atoms with Crippen LogP contribution in [0.4, 0.5) is 5.95 Å². The zero-order valence-corrected chi connectivity index (χ0v) is 13.8. The van der Waals surface area contributed by atoms with E-state index < -0.39 is 0 Å². The molecule has 23 heavy (non-hydrogen) atoms. The number of aromatic nitrogens is 4. The molecule has 0 spiro atoms. The molecule has 1 aromatic heterocycles. The molecule has 1 atom stereocenters. The Morgan fingerprint density at radius 2 is 2.04 bits per heavy atom. The molecule has 2 rings (SSSR count). The van der Waals surface area contributed by atoms with Gasteiger partial charge in [-0.05, 0) is 41.7 Å². The first-order chi connectivity index (χ1) is 11.1. The predicted octanol–water partition coefficient (Wildman–Crippen LogP) is 2.61. The first-order valence-electron chi connectivity index (χ1n) is 7.92. The van der Waals surface area contributed by atoms with Crippen LogP contribution in [0.3, 0.4) is 0 Å². The number of hydrogen-bond donors (Lipinski definition) is 1. The number of ether oxygens (including phenoxy) is 1. The van der Waals surface area contributed by atoms with Gasteiger partial charge in [-0.25, -0.2) is 0 Å². The molecule has 1 unspecified atom stereocenters. The van der Waals surface area contributed by atoms with Gasteiger partial charge < -0.3 is 4.74 Å². The van der Waals surface area contributed by atoms with Crippen LogP contribution in [0.15, 0.2) is 24.3 Å². The highest BCUT2D eigenvalue weighted by Crippen LogP contribution is 2.21. The second kappa shape index (κ2) is 8.26. The third-order valence-corrected chi connectivity index (χ3v) is 3.56. The number of hydrogen-bond acceptors (Lipinski definition) is 5. The van der Waals surface area contributed by atoms with Crippen LogP contribution in [0.25, 0.3) is 0 Å². The summed E-state index contributed by atoms with van der Waals surface area (Å²) in [6.45, 7) is 6.93. The van der Waals surface area contributed by atoms with Crippen LogP contribution in [-0.2, 0) is 11.3 Å². The summed E-state index contributed by atoms with van der Waals surface area (Å²) in [5, 5.41) is 14.2. The molecule has 0 saturated heterocycles. The number of tetrazole rings is 1. The average Bonchev–Trinajstić information content (AvgIpc) is 3.00. The standard InChI is InChI=1S/C16H23N5O2/c1-4-10-21-19-16(18-20-21)17-15(22)11-23-14-8-6-13(7-9-14)12(3)5-2/h6-9,12H,4-5,10-11H2,1-3H3,(H,17,19,22). The Morgan fingerprint density at radius 3 is 2.70 bits per heavy atom. The molecule has 0 fully saturated rings. The highest BCUT2D eigenvalue weighted by Gasteiger charge is 2.09. The van der Waals surface area contributed by atoms with Crippen molar-refractivity contribution in [2.24, 2.45) is 0 Å². The third kappa shape index (κ3) is 5.05. The lowest BCUT2D eigenvalue weighted by molar-refractivity contribution is -0.118. The van der Waals surface area contributed by atoms with Crippen molar-refractivity contribution in [1.82, 2.24) is 20.2 Å². The maximum absolute atomic E-state index is 11.8. The Bertz CT molecular complexity index is 624. The maximum atomic E-state index is 11.8. The fourth-order valence-corrected chi connectivity index (χ4v) is 2.03. The number of carbonyl (C=O) groups excluding carboxylic acids is 1. The van der Waals surface area contributed by atoms with Crippen LogP contribution in [-0.4, -0.2) is 32.7 Å². The summed E-state index contributed by atoms with van der Waals surface area (Å²) in [5.41, 5.74) is 1.26. The Morgan fingerprint density at radius 1 is 1.30 bits per heavy atom. The second-order valence-corrected chi connectivity index (χ2v) is 5.42. The normalized spacial score (nSPS) is 12.0. The van der Waals surface area contributed by atoms with E-state index in [9.17, 15) is 4.79 Å². The number of nitrogens with zero attached hydrogens (tertiary/aromatic N) is 4. The summed E-state index contributed by atoms with van der Waals surface area (Å²) >= 11 is 0. The number of carbonyl (C=O) groups is 1. The number of aryl methyl sites for hydroxylation is 1. The molecule has 7 nitrogen and oxygen atoms in total. The summed E-state index contributed by atoms with van der Waals surface area (Å²) in [5.74, 6) is 1.06. The van der Waals surface area contributed by atoms with Gasteiger partial charge in [0.05, 0.1) is 6.54 Å². The van der Waals surface area contributed by atoms with E-state index in [0.29, 0.717) is 18.2 Å². The minimum absolute atomic E-state index is 0.0923. The maximum Gasteiger partial charge on any atom is 0.270 e. The van der Waals surface area contributed by atoms with E-state index in [1.165, 1.54) is 10.4 Å². The van der Waals surface area contributed by atoms with Gasteiger partial charge in [0.2, 0.25) is 0 Å². The zero-order chi connectivity index (χ0) is 16.7. The van der Waals surface area contributed by atoms with Crippen molar-refractivity contribution in [3.63, 3.8) is 0 Å². The molecule has 0 aliphatic rings. The largest absolute Gasteiger partial charge is 0.484 e. The quantitative estimate of drug-likeness (QED) is 0.809. The summed E-state index contributed by atoms with van der Waals surface area (Å²) in [7, 11) is 0. The molecule has 0 bridgehead atoms. The zero-order valence-electron chi connectivity index (χ0n) is 13.8. The Hall–Kier alpha value is -2.44. The lowest BCUT2D eigenvalue weighted by atomic mass is 9.99. The van der Waals surface area contributed by atoms with Crippen LogP contribution in [0.1, 0.15) is 45.1 Å². The van der Waals surface area contributed by atoms with Gasteiger partial charge in [-0.3, -0.25) is 10.1 Å². The Labute approximate surface area is 136 Å². The van der Waals surface area contributed by atoms with Gasteiger partial charge in [0.15, 0.2) is 6.61 Å². The molecular weight excluding hydrogens is 294 g/mol. The molecule has 1 N–H and O–H groups in total.